The highest BCUT2D eigenvalue weighted by atomic mass is 35.5. The number of carbonyl (C=O) groups excluding carboxylic acids is 2. The SMILES string of the molecule is COC(=O)/C=C/c1ccc(OC(=O)c2cc(Cl)ccc2OC)c(OC)c1. The largest absolute Gasteiger partial charge is 0.496 e. The van der Waals surface area contributed by atoms with E-state index in [1.807, 2.05) is 0 Å². The van der Waals surface area contributed by atoms with Gasteiger partial charge in [-0.05, 0) is 42.0 Å². The van der Waals surface area contributed by atoms with Crippen LogP contribution >= 0.6 is 11.6 Å². The number of halogens is 1. The van der Waals surface area contributed by atoms with E-state index in [9.17, 15) is 9.59 Å². The summed E-state index contributed by atoms with van der Waals surface area (Å²) >= 11 is 5.94. The monoisotopic (exact) mass is 376 g/mol. The molecule has 2 aromatic rings. The second-order valence-corrected chi connectivity index (χ2v) is 5.44. The lowest BCUT2D eigenvalue weighted by Crippen LogP contribution is -2.11. The molecular weight excluding hydrogens is 360 g/mol. The third kappa shape index (κ3) is 4.77. The van der Waals surface area contributed by atoms with Crippen LogP contribution in [0.5, 0.6) is 17.2 Å². The molecule has 0 unspecified atom stereocenters. The van der Waals surface area contributed by atoms with Crippen LogP contribution in [0.2, 0.25) is 5.02 Å². The zero-order valence-corrected chi connectivity index (χ0v) is 15.2. The summed E-state index contributed by atoms with van der Waals surface area (Å²) in [6.07, 6.45) is 2.83. The van der Waals surface area contributed by atoms with Gasteiger partial charge in [0.05, 0.1) is 21.3 Å². The molecule has 0 amide bonds. The molecule has 0 heterocycles. The van der Waals surface area contributed by atoms with Crippen LogP contribution < -0.4 is 14.2 Å². The number of esters is 2. The van der Waals surface area contributed by atoms with Gasteiger partial charge in [-0.15, -0.1) is 0 Å². The summed E-state index contributed by atoms with van der Waals surface area (Å²) in [6, 6.07) is 9.50. The van der Waals surface area contributed by atoms with Crippen molar-refractivity contribution < 1.29 is 28.5 Å². The van der Waals surface area contributed by atoms with Crippen molar-refractivity contribution in [3.8, 4) is 17.2 Å². The highest BCUT2D eigenvalue weighted by Gasteiger charge is 2.17. The first-order valence-electron chi connectivity index (χ1n) is 7.48. The maximum Gasteiger partial charge on any atom is 0.347 e. The molecule has 7 heteroatoms. The first kappa shape index (κ1) is 19.3. The number of methoxy groups -OCH3 is 3. The van der Waals surface area contributed by atoms with Crippen LogP contribution in [0.1, 0.15) is 15.9 Å². The van der Waals surface area contributed by atoms with Crippen LogP contribution in [0.4, 0.5) is 0 Å². The standard InChI is InChI=1S/C19H17ClO6/c1-23-15-8-6-13(20)11-14(15)19(22)26-16-7-4-12(10-17(16)24-2)5-9-18(21)25-3/h4-11H,1-3H3/b9-5+. The molecule has 136 valence electrons. The summed E-state index contributed by atoms with van der Waals surface area (Å²) in [5.74, 6) is -0.231. The molecule has 26 heavy (non-hydrogen) atoms. The first-order chi connectivity index (χ1) is 12.5. The number of hydrogen-bond acceptors (Lipinski definition) is 6. The highest BCUT2D eigenvalue weighted by molar-refractivity contribution is 6.31. The molecule has 2 aromatic carbocycles. The van der Waals surface area contributed by atoms with E-state index in [1.165, 1.54) is 33.5 Å². The van der Waals surface area contributed by atoms with Gasteiger partial charge in [0.1, 0.15) is 11.3 Å². The summed E-state index contributed by atoms with van der Waals surface area (Å²) in [7, 11) is 4.18. The molecule has 0 aliphatic carbocycles. The van der Waals surface area contributed by atoms with Crippen LogP contribution in [0.15, 0.2) is 42.5 Å². The molecule has 0 aromatic heterocycles. The Labute approximate surface area is 155 Å². The summed E-state index contributed by atoms with van der Waals surface area (Å²) < 4.78 is 20.3. The molecule has 0 saturated carbocycles. The molecule has 0 aliphatic heterocycles. The molecule has 0 atom stereocenters. The Morgan fingerprint density at radius 3 is 2.27 bits per heavy atom. The second kappa shape index (κ2) is 8.92. The fourth-order valence-corrected chi connectivity index (χ4v) is 2.27. The van der Waals surface area contributed by atoms with E-state index in [2.05, 4.69) is 4.74 Å². The van der Waals surface area contributed by atoms with Gasteiger partial charge >= 0.3 is 11.9 Å². The van der Waals surface area contributed by atoms with Gasteiger partial charge in [0.15, 0.2) is 11.5 Å². The van der Waals surface area contributed by atoms with Gasteiger partial charge in [-0.1, -0.05) is 17.7 Å². The van der Waals surface area contributed by atoms with Gasteiger partial charge in [0.25, 0.3) is 0 Å². The summed E-state index contributed by atoms with van der Waals surface area (Å²) in [4.78, 5) is 23.6. The second-order valence-electron chi connectivity index (χ2n) is 5.00. The molecule has 0 aliphatic rings. The van der Waals surface area contributed by atoms with Crippen LogP contribution in [0.25, 0.3) is 6.08 Å². The van der Waals surface area contributed by atoms with Gasteiger partial charge < -0.3 is 18.9 Å². The maximum atomic E-state index is 12.5. The number of carbonyl (C=O) groups is 2. The summed E-state index contributed by atoms with van der Waals surface area (Å²) in [5, 5.41) is 0.382. The maximum absolute atomic E-state index is 12.5. The van der Waals surface area contributed by atoms with E-state index in [0.717, 1.165) is 0 Å². The fraction of sp³-hybridized carbons (Fsp3) is 0.158. The zero-order valence-electron chi connectivity index (χ0n) is 14.4. The first-order valence-corrected chi connectivity index (χ1v) is 7.86. The molecule has 0 saturated heterocycles. The van der Waals surface area contributed by atoms with Crippen LogP contribution in [0, 0.1) is 0 Å². The van der Waals surface area contributed by atoms with Crippen molar-refractivity contribution in [2.75, 3.05) is 21.3 Å². The average molecular weight is 377 g/mol. The quantitative estimate of drug-likeness (QED) is 0.434. The lowest BCUT2D eigenvalue weighted by molar-refractivity contribution is -0.134. The number of benzene rings is 2. The van der Waals surface area contributed by atoms with E-state index < -0.39 is 11.9 Å². The van der Waals surface area contributed by atoms with Crippen molar-refractivity contribution in [3.63, 3.8) is 0 Å². The van der Waals surface area contributed by atoms with Crippen molar-refractivity contribution in [2.45, 2.75) is 0 Å². The Hall–Kier alpha value is -2.99. The molecule has 2 rings (SSSR count). The lowest BCUT2D eigenvalue weighted by atomic mass is 10.1. The van der Waals surface area contributed by atoms with Gasteiger partial charge in [0.2, 0.25) is 0 Å². The topological polar surface area (TPSA) is 71.1 Å². The number of hydrogen-bond donors (Lipinski definition) is 0. The molecule has 6 nitrogen and oxygen atoms in total. The zero-order chi connectivity index (χ0) is 19.1. The third-order valence-electron chi connectivity index (χ3n) is 3.38. The van der Waals surface area contributed by atoms with Crippen LogP contribution in [-0.4, -0.2) is 33.3 Å². The van der Waals surface area contributed by atoms with Crippen molar-refractivity contribution in [1.82, 2.24) is 0 Å². The Balaban J connectivity index is 2.26. The molecular formula is C19H17ClO6. The van der Waals surface area contributed by atoms with Crippen molar-refractivity contribution in [2.24, 2.45) is 0 Å². The Morgan fingerprint density at radius 2 is 1.62 bits per heavy atom. The smallest absolute Gasteiger partial charge is 0.347 e. The van der Waals surface area contributed by atoms with Crippen LogP contribution in [0.3, 0.4) is 0 Å². The van der Waals surface area contributed by atoms with Gasteiger partial charge in [-0.2, -0.15) is 0 Å². The molecule has 0 spiro atoms. The van der Waals surface area contributed by atoms with E-state index in [1.54, 1.807) is 36.4 Å². The van der Waals surface area contributed by atoms with Crippen molar-refractivity contribution in [3.05, 3.63) is 58.6 Å². The summed E-state index contributed by atoms with van der Waals surface area (Å²) in [5.41, 5.74) is 0.865. The Kier molecular flexibility index (Phi) is 6.63. The molecule has 0 radical (unpaired) electrons. The van der Waals surface area contributed by atoms with E-state index in [4.69, 9.17) is 25.8 Å². The van der Waals surface area contributed by atoms with Gasteiger partial charge in [-0.3, -0.25) is 0 Å². The highest BCUT2D eigenvalue weighted by Crippen LogP contribution is 2.31. The predicted octanol–water partition coefficient (Wildman–Crippen LogP) is 3.76. The number of ether oxygens (including phenoxy) is 4. The molecule has 0 N–H and O–H groups in total. The van der Waals surface area contributed by atoms with Crippen LogP contribution in [-0.2, 0) is 9.53 Å². The fourth-order valence-electron chi connectivity index (χ4n) is 2.10. The minimum atomic E-state index is -0.638. The minimum Gasteiger partial charge on any atom is -0.496 e. The van der Waals surface area contributed by atoms with Gasteiger partial charge in [-0.25, -0.2) is 9.59 Å². The normalized spacial score (nSPS) is 10.5. The Morgan fingerprint density at radius 1 is 0.923 bits per heavy atom. The minimum absolute atomic E-state index is 0.191. The predicted molar refractivity (Wildman–Crippen MR) is 97.0 cm³/mol. The van der Waals surface area contributed by atoms with E-state index in [0.29, 0.717) is 22.1 Å². The molecule has 0 fully saturated rings. The van der Waals surface area contributed by atoms with Gasteiger partial charge in [0, 0.05) is 11.1 Å². The molecule has 0 bridgehead atoms. The van der Waals surface area contributed by atoms with Crippen molar-refractivity contribution in [1.29, 1.82) is 0 Å². The van der Waals surface area contributed by atoms with Crippen molar-refractivity contribution >= 4 is 29.6 Å². The Bertz CT molecular complexity index is 844. The average Bonchev–Trinajstić information content (AvgIpc) is 2.66. The number of rotatable bonds is 6. The lowest BCUT2D eigenvalue weighted by Gasteiger charge is -2.12. The van der Waals surface area contributed by atoms with E-state index in [-0.39, 0.29) is 11.3 Å². The summed E-state index contributed by atoms with van der Waals surface area (Å²) in [6.45, 7) is 0. The van der Waals surface area contributed by atoms with E-state index >= 15 is 0 Å². The third-order valence-corrected chi connectivity index (χ3v) is 3.62.